The molecule has 92 valence electrons. The standard InChI is InChI=1S/C13H24N2S/c1-4-13(2,3)15-12-14-11-8-6-5-7-10(11)9-16-12/h10-11H,4-9H2,1-3H3,(H,14,15). The number of hydrogen-bond donors (Lipinski definition) is 1. The van der Waals surface area contributed by atoms with Crippen molar-refractivity contribution >= 4 is 16.9 Å². The second-order valence-corrected chi connectivity index (χ2v) is 6.73. The lowest BCUT2D eigenvalue weighted by atomic mass is 9.86. The first kappa shape index (κ1) is 12.3. The number of amidine groups is 1. The van der Waals surface area contributed by atoms with Gasteiger partial charge in [-0.05, 0) is 39.0 Å². The molecule has 0 amide bonds. The van der Waals surface area contributed by atoms with Gasteiger partial charge >= 0.3 is 0 Å². The summed E-state index contributed by atoms with van der Waals surface area (Å²) in [6.07, 6.45) is 6.63. The minimum Gasteiger partial charge on any atom is -0.360 e. The van der Waals surface area contributed by atoms with Gasteiger partial charge in [-0.2, -0.15) is 0 Å². The highest BCUT2D eigenvalue weighted by molar-refractivity contribution is 8.13. The molecule has 2 nitrogen and oxygen atoms in total. The lowest BCUT2D eigenvalue weighted by Crippen LogP contribution is -2.44. The fraction of sp³-hybridized carbons (Fsp3) is 0.923. The van der Waals surface area contributed by atoms with Gasteiger partial charge in [0.2, 0.25) is 0 Å². The topological polar surface area (TPSA) is 24.4 Å². The molecule has 0 saturated heterocycles. The molecular weight excluding hydrogens is 216 g/mol. The monoisotopic (exact) mass is 240 g/mol. The van der Waals surface area contributed by atoms with E-state index in [1.54, 1.807) is 0 Å². The van der Waals surface area contributed by atoms with E-state index in [0.29, 0.717) is 6.04 Å². The second kappa shape index (κ2) is 4.99. The molecule has 2 unspecified atom stereocenters. The molecule has 1 aliphatic carbocycles. The van der Waals surface area contributed by atoms with Gasteiger partial charge in [0.25, 0.3) is 0 Å². The molecular formula is C13H24N2S. The number of nitrogens with zero attached hydrogens (tertiary/aromatic N) is 1. The second-order valence-electron chi connectivity index (χ2n) is 5.72. The van der Waals surface area contributed by atoms with Gasteiger partial charge in [-0.1, -0.05) is 31.5 Å². The fourth-order valence-corrected chi connectivity index (χ4v) is 3.69. The Morgan fingerprint density at radius 1 is 1.38 bits per heavy atom. The first-order chi connectivity index (χ1) is 7.61. The van der Waals surface area contributed by atoms with Crippen LogP contribution in [0.3, 0.4) is 0 Å². The van der Waals surface area contributed by atoms with Gasteiger partial charge in [0, 0.05) is 11.3 Å². The average Bonchev–Trinajstić information content (AvgIpc) is 2.28. The molecule has 2 rings (SSSR count). The van der Waals surface area contributed by atoms with Crippen LogP contribution in [0, 0.1) is 5.92 Å². The van der Waals surface area contributed by atoms with E-state index in [9.17, 15) is 0 Å². The third-order valence-electron chi connectivity index (χ3n) is 3.92. The Kier molecular flexibility index (Phi) is 3.83. The highest BCUT2D eigenvalue weighted by Crippen LogP contribution is 2.34. The molecule has 2 aliphatic rings. The molecule has 0 aromatic heterocycles. The molecule has 1 heterocycles. The van der Waals surface area contributed by atoms with Crippen LogP contribution in [0.5, 0.6) is 0 Å². The van der Waals surface area contributed by atoms with Crippen LogP contribution in [0.1, 0.15) is 52.9 Å². The lowest BCUT2D eigenvalue weighted by molar-refractivity contribution is 0.333. The van der Waals surface area contributed by atoms with Gasteiger partial charge < -0.3 is 5.32 Å². The van der Waals surface area contributed by atoms with E-state index in [1.807, 2.05) is 11.8 Å². The first-order valence-corrected chi connectivity index (χ1v) is 7.58. The van der Waals surface area contributed by atoms with Crippen molar-refractivity contribution in [2.45, 2.75) is 64.5 Å². The molecule has 1 saturated carbocycles. The third-order valence-corrected chi connectivity index (χ3v) is 4.99. The zero-order chi connectivity index (χ0) is 11.6. The minimum absolute atomic E-state index is 0.188. The molecule has 2 atom stereocenters. The van der Waals surface area contributed by atoms with Gasteiger partial charge in [0.05, 0.1) is 6.04 Å². The van der Waals surface area contributed by atoms with Crippen LogP contribution < -0.4 is 5.32 Å². The third kappa shape index (κ3) is 2.93. The van der Waals surface area contributed by atoms with Gasteiger partial charge in [0.15, 0.2) is 5.17 Å². The highest BCUT2D eigenvalue weighted by Gasteiger charge is 2.30. The van der Waals surface area contributed by atoms with Gasteiger partial charge in [0.1, 0.15) is 0 Å². The van der Waals surface area contributed by atoms with Crippen molar-refractivity contribution in [2.75, 3.05) is 5.75 Å². The van der Waals surface area contributed by atoms with E-state index in [0.717, 1.165) is 12.3 Å². The Hall–Kier alpha value is -0.180. The molecule has 1 fully saturated rings. The molecule has 1 N–H and O–H groups in total. The molecule has 0 aromatic carbocycles. The number of aliphatic imine (C=N–C) groups is 1. The zero-order valence-corrected chi connectivity index (χ0v) is 11.6. The minimum atomic E-state index is 0.188. The summed E-state index contributed by atoms with van der Waals surface area (Å²) in [7, 11) is 0. The van der Waals surface area contributed by atoms with Crippen LogP contribution in [0.4, 0.5) is 0 Å². The quantitative estimate of drug-likeness (QED) is 0.799. The van der Waals surface area contributed by atoms with Crippen LogP contribution in [0.2, 0.25) is 0 Å². The summed E-state index contributed by atoms with van der Waals surface area (Å²) in [6.45, 7) is 6.73. The number of hydrogen-bond acceptors (Lipinski definition) is 3. The largest absolute Gasteiger partial charge is 0.360 e. The summed E-state index contributed by atoms with van der Waals surface area (Å²) in [5.74, 6) is 2.13. The Balaban J connectivity index is 1.98. The Morgan fingerprint density at radius 2 is 2.12 bits per heavy atom. The SMILES string of the molecule is CCC(C)(C)NC1=NC2CCCCC2CS1. The summed E-state index contributed by atoms with van der Waals surface area (Å²) < 4.78 is 0. The molecule has 16 heavy (non-hydrogen) atoms. The van der Waals surface area contributed by atoms with E-state index < -0.39 is 0 Å². The van der Waals surface area contributed by atoms with Crippen molar-refractivity contribution in [2.24, 2.45) is 10.9 Å². The maximum atomic E-state index is 4.91. The van der Waals surface area contributed by atoms with E-state index in [2.05, 4.69) is 26.1 Å². The predicted molar refractivity (Wildman–Crippen MR) is 73.1 cm³/mol. The van der Waals surface area contributed by atoms with Gasteiger partial charge in [-0.15, -0.1) is 0 Å². The van der Waals surface area contributed by atoms with E-state index in [1.165, 1.54) is 36.6 Å². The number of rotatable bonds is 2. The van der Waals surface area contributed by atoms with Crippen LogP contribution in [-0.2, 0) is 0 Å². The lowest BCUT2D eigenvalue weighted by Gasteiger charge is -2.35. The van der Waals surface area contributed by atoms with E-state index in [4.69, 9.17) is 4.99 Å². The summed E-state index contributed by atoms with van der Waals surface area (Å²) in [6, 6.07) is 0.616. The van der Waals surface area contributed by atoms with Crippen LogP contribution in [0.25, 0.3) is 0 Å². The van der Waals surface area contributed by atoms with Gasteiger partial charge in [-0.3, -0.25) is 4.99 Å². The number of thioether (sulfide) groups is 1. The van der Waals surface area contributed by atoms with Crippen molar-refractivity contribution in [3.63, 3.8) is 0 Å². The summed E-state index contributed by atoms with van der Waals surface area (Å²) >= 11 is 1.93. The molecule has 0 radical (unpaired) electrons. The maximum Gasteiger partial charge on any atom is 0.157 e. The van der Waals surface area contributed by atoms with Crippen molar-refractivity contribution in [3.05, 3.63) is 0 Å². The van der Waals surface area contributed by atoms with Crippen molar-refractivity contribution in [1.82, 2.24) is 5.32 Å². The van der Waals surface area contributed by atoms with Crippen molar-refractivity contribution in [1.29, 1.82) is 0 Å². The van der Waals surface area contributed by atoms with E-state index in [-0.39, 0.29) is 5.54 Å². The molecule has 3 heteroatoms. The summed E-state index contributed by atoms with van der Waals surface area (Å²) in [5.41, 5.74) is 0.188. The first-order valence-electron chi connectivity index (χ1n) is 6.59. The van der Waals surface area contributed by atoms with Crippen LogP contribution >= 0.6 is 11.8 Å². The summed E-state index contributed by atoms with van der Waals surface area (Å²) in [5, 5.41) is 4.78. The smallest absolute Gasteiger partial charge is 0.157 e. The Bertz CT molecular complexity index is 273. The maximum absolute atomic E-state index is 4.91. The number of fused-ring (bicyclic) bond motifs is 1. The normalized spacial score (nSPS) is 30.6. The van der Waals surface area contributed by atoms with Gasteiger partial charge in [-0.25, -0.2) is 0 Å². The number of nitrogens with one attached hydrogen (secondary N) is 1. The van der Waals surface area contributed by atoms with Crippen molar-refractivity contribution < 1.29 is 0 Å². The Labute approximate surface area is 104 Å². The molecule has 0 spiro atoms. The highest BCUT2D eigenvalue weighted by atomic mass is 32.2. The fourth-order valence-electron chi connectivity index (χ4n) is 2.37. The molecule has 0 aromatic rings. The van der Waals surface area contributed by atoms with E-state index >= 15 is 0 Å². The summed E-state index contributed by atoms with van der Waals surface area (Å²) in [4.78, 5) is 4.91. The van der Waals surface area contributed by atoms with Crippen LogP contribution in [0.15, 0.2) is 4.99 Å². The van der Waals surface area contributed by atoms with Crippen molar-refractivity contribution in [3.8, 4) is 0 Å². The zero-order valence-electron chi connectivity index (χ0n) is 10.8. The average molecular weight is 240 g/mol. The predicted octanol–water partition coefficient (Wildman–Crippen LogP) is 3.43. The molecule has 1 aliphatic heterocycles. The van der Waals surface area contributed by atoms with Crippen LogP contribution in [-0.4, -0.2) is 22.5 Å². The molecule has 0 bridgehead atoms. The Morgan fingerprint density at radius 3 is 2.88 bits per heavy atom.